The summed E-state index contributed by atoms with van der Waals surface area (Å²) in [5, 5.41) is 0.454. The zero-order chi connectivity index (χ0) is 6.85. The number of nitrogens with zero attached hydrogens (tertiary/aromatic N) is 1. The lowest BCUT2D eigenvalue weighted by Crippen LogP contribution is -2.26. The van der Waals surface area contributed by atoms with Gasteiger partial charge in [0.15, 0.2) is 0 Å². The summed E-state index contributed by atoms with van der Waals surface area (Å²) in [6.45, 7) is 6.92. The molecule has 1 fully saturated rings. The van der Waals surface area contributed by atoms with Crippen molar-refractivity contribution in [3.8, 4) is 0 Å². The lowest BCUT2D eigenvalue weighted by Gasteiger charge is -2.18. The first-order valence-corrected chi connectivity index (χ1v) is 4.14. The molecule has 0 amide bonds. The van der Waals surface area contributed by atoms with E-state index < -0.39 is 0 Å². The maximum atomic E-state index is 4.36. The highest BCUT2D eigenvalue weighted by atomic mass is 32.1. The molecule has 2 atom stereocenters. The van der Waals surface area contributed by atoms with Crippen molar-refractivity contribution in [1.82, 2.24) is 4.90 Å². The molecule has 0 aromatic rings. The maximum absolute atomic E-state index is 4.36. The van der Waals surface area contributed by atoms with E-state index in [0.29, 0.717) is 5.37 Å². The Kier molecular flexibility index (Phi) is 2.42. The van der Waals surface area contributed by atoms with Crippen LogP contribution in [0.25, 0.3) is 0 Å². The lowest BCUT2D eigenvalue weighted by molar-refractivity contribution is 0.323. The Bertz CT molecular complexity index is 92.9. The topological polar surface area (TPSA) is 3.24 Å². The molecule has 54 valence electrons. The highest BCUT2D eigenvalue weighted by Gasteiger charge is 2.20. The van der Waals surface area contributed by atoms with Gasteiger partial charge in [-0.05, 0) is 25.8 Å². The summed E-state index contributed by atoms with van der Waals surface area (Å²) in [5.41, 5.74) is 0. The minimum Gasteiger partial charge on any atom is -0.292 e. The van der Waals surface area contributed by atoms with Gasteiger partial charge < -0.3 is 0 Å². The van der Waals surface area contributed by atoms with E-state index in [-0.39, 0.29) is 0 Å². The predicted molar refractivity (Wildman–Crippen MR) is 43.8 cm³/mol. The lowest BCUT2D eigenvalue weighted by atomic mass is 10.2. The summed E-state index contributed by atoms with van der Waals surface area (Å²) < 4.78 is 0. The molecule has 0 saturated carbocycles. The zero-order valence-corrected chi connectivity index (χ0v) is 7.06. The van der Waals surface area contributed by atoms with E-state index in [1.165, 1.54) is 19.5 Å². The van der Waals surface area contributed by atoms with Crippen molar-refractivity contribution in [1.29, 1.82) is 0 Å². The summed E-state index contributed by atoms with van der Waals surface area (Å²) in [7, 11) is 0. The maximum Gasteiger partial charge on any atom is 0.0499 e. The molecule has 1 aliphatic rings. The first-order valence-electron chi connectivity index (χ1n) is 3.62. The molecule has 0 bridgehead atoms. The highest BCUT2D eigenvalue weighted by molar-refractivity contribution is 7.80. The fraction of sp³-hybridized carbons (Fsp3) is 1.00. The van der Waals surface area contributed by atoms with Gasteiger partial charge in [-0.1, -0.05) is 6.92 Å². The Balaban J connectivity index is 2.30. The van der Waals surface area contributed by atoms with Crippen LogP contribution in [0.1, 0.15) is 20.3 Å². The molecule has 0 spiro atoms. The molecule has 0 N–H and O–H groups in total. The minimum atomic E-state index is 0.454. The largest absolute Gasteiger partial charge is 0.292 e. The number of likely N-dealkylation sites (tertiary alicyclic amines) is 1. The highest BCUT2D eigenvalue weighted by Crippen LogP contribution is 2.18. The van der Waals surface area contributed by atoms with Gasteiger partial charge in [0.25, 0.3) is 0 Å². The monoisotopic (exact) mass is 145 g/mol. The molecule has 0 aromatic heterocycles. The fourth-order valence-electron chi connectivity index (χ4n) is 1.31. The molecule has 1 aliphatic heterocycles. The van der Waals surface area contributed by atoms with Crippen molar-refractivity contribution in [3.05, 3.63) is 0 Å². The van der Waals surface area contributed by atoms with Gasteiger partial charge in [0.1, 0.15) is 0 Å². The Morgan fingerprint density at radius 2 is 2.33 bits per heavy atom. The van der Waals surface area contributed by atoms with Crippen molar-refractivity contribution in [2.75, 3.05) is 13.1 Å². The third kappa shape index (κ3) is 1.87. The van der Waals surface area contributed by atoms with Crippen LogP contribution in [-0.4, -0.2) is 23.4 Å². The summed E-state index contributed by atoms with van der Waals surface area (Å²) in [6.07, 6.45) is 1.35. The molecule has 0 aliphatic carbocycles. The number of hydrogen-bond donors (Lipinski definition) is 1. The van der Waals surface area contributed by atoms with E-state index in [0.717, 1.165) is 5.92 Å². The van der Waals surface area contributed by atoms with Gasteiger partial charge in [0, 0.05) is 11.9 Å². The van der Waals surface area contributed by atoms with Crippen LogP contribution in [-0.2, 0) is 0 Å². The van der Waals surface area contributed by atoms with Crippen LogP contribution in [0.5, 0.6) is 0 Å². The number of thiol groups is 1. The van der Waals surface area contributed by atoms with Gasteiger partial charge in [-0.3, -0.25) is 4.90 Å². The fourth-order valence-corrected chi connectivity index (χ4v) is 1.52. The number of rotatable bonds is 1. The third-order valence-corrected chi connectivity index (χ3v) is 2.31. The molecule has 2 heteroatoms. The minimum absolute atomic E-state index is 0.454. The molecule has 1 saturated heterocycles. The average molecular weight is 145 g/mol. The third-order valence-electron chi connectivity index (χ3n) is 1.98. The Hall–Kier alpha value is 0.310. The van der Waals surface area contributed by atoms with Crippen LogP contribution in [0, 0.1) is 5.92 Å². The molecule has 2 unspecified atom stereocenters. The van der Waals surface area contributed by atoms with E-state index in [1.54, 1.807) is 0 Å². The molecule has 0 aromatic carbocycles. The van der Waals surface area contributed by atoms with Crippen molar-refractivity contribution < 1.29 is 0 Å². The normalized spacial score (nSPS) is 33.0. The van der Waals surface area contributed by atoms with Gasteiger partial charge in [0.05, 0.1) is 0 Å². The Morgan fingerprint density at radius 3 is 2.56 bits per heavy atom. The van der Waals surface area contributed by atoms with E-state index >= 15 is 0 Å². The standard InChI is InChI=1S/C7H15NS/c1-6-3-4-8(5-6)7(2)9/h6-7,9H,3-5H2,1-2H3. The molecular formula is C7H15NS. The molecule has 1 nitrogen and oxygen atoms in total. The second-order valence-corrected chi connectivity index (χ2v) is 3.77. The summed E-state index contributed by atoms with van der Waals surface area (Å²) in [6, 6.07) is 0. The SMILES string of the molecule is CC1CCN(C(C)S)C1. The van der Waals surface area contributed by atoms with Crippen molar-refractivity contribution in [2.24, 2.45) is 5.92 Å². The van der Waals surface area contributed by atoms with E-state index in [1.807, 2.05) is 0 Å². The van der Waals surface area contributed by atoms with Gasteiger partial charge in [0.2, 0.25) is 0 Å². The summed E-state index contributed by atoms with van der Waals surface area (Å²) in [4.78, 5) is 2.41. The van der Waals surface area contributed by atoms with E-state index in [4.69, 9.17) is 0 Å². The summed E-state index contributed by atoms with van der Waals surface area (Å²) in [5.74, 6) is 0.889. The Labute approximate surface area is 62.8 Å². The smallest absolute Gasteiger partial charge is 0.0499 e. The van der Waals surface area contributed by atoms with E-state index in [9.17, 15) is 0 Å². The summed E-state index contributed by atoms with van der Waals surface area (Å²) >= 11 is 4.36. The second kappa shape index (κ2) is 2.93. The predicted octanol–water partition coefficient (Wildman–Crippen LogP) is 1.60. The average Bonchev–Trinajstić information content (AvgIpc) is 2.14. The van der Waals surface area contributed by atoms with Crippen molar-refractivity contribution >= 4 is 12.6 Å². The van der Waals surface area contributed by atoms with Crippen LogP contribution in [0.4, 0.5) is 0 Å². The molecule has 0 radical (unpaired) electrons. The molecule has 9 heavy (non-hydrogen) atoms. The first-order chi connectivity index (χ1) is 4.20. The van der Waals surface area contributed by atoms with Gasteiger partial charge in [-0.2, -0.15) is 12.6 Å². The number of hydrogen-bond acceptors (Lipinski definition) is 2. The Morgan fingerprint density at radius 1 is 1.67 bits per heavy atom. The molecule has 1 rings (SSSR count). The van der Waals surface area contributed by atoms with Crippen LogP contribution < -0.4 is 0 Å². The second-order valence-electron chi connectivity index (χ2n) is 3.02. The van der Waals surface area contributed by atoms with Gasteiger partial charge in [-0.25, -0.2) is 0 Å². The van der Waals surface area contributed by atoms with Crippen LogP contribution in [0.3, 0.4) is 0 Å². The molecule has 1 heterocycles. The molecular weight excluding hydrogens is 130 g/mol. The van der Waals surface area contributed by atoms with Crippen molar-refractivity contribution in [3.63, 3.8) is 0 Å². The van der Waals surface area contributed by atoms with E-state index in [2.05, 4.69) is 31.4 Å². The first kappa shape index (κ1) is 7.42. The van der Waals surface area contributed by atoms with Crippen LogP contribution in [0.2, 0.25) is 0 Å². The van der Waals surface area contributed by atoms with Crippen LogP contribution in [0.15, 0.2) is 0 Å². The quantitative estimate of drug-likeness (QED) is 0.549. The zero-order valence-electron chi connectivity index (χ0n) is 6.17. The van der Waals surface area contributed by atoms with Gasteiger partial charge >= 0.3 is 0 Å². The van der Waals surface area contributed by atoms with Crippen molar-refractivity contribution in [2.45, 2.75) is 25.6 Å². The van der Waals surface area contributed by atoms with Crippen LogP contribution >= 0.6 is 12.6 Å². The van der Waals surface area contributed by atoms with Gasteiger partial charge in [-0.15, -0.1) is 0 Å².